The van der Waals surface area contributed by atoms with E-state index < -0.39 is 5.97 Å². The van der Waals surface area contributed by atoms with Crippen LogP contribution in [-0.2, 0) is 16.1 Å². The van der Waals surface area contributed by atoms with Gasteiger partial charge in [-0.05, 0) is 12.1 Å². The topological polar surface area (TPSA) is 67.4 Å². The minimum atomic E-state index is -0.451. The molecule has 1 aromatic heterocycles. The Balaban J connectivity index is 2.17. The van der Waals surface area contributed by atoms with Gasteiger partial charge in [0.15, 0.2) is 16.6 Å². The summed E-state index contributed by atoms with van der Waals surface area (Å²) < 4.78 is 7.88. The van der Waals surface area contributed by atoms with Gasteiger partial charge in [-0.1, -0.05) is 41.2 Å². The molecule has 0 bridgehead atoms. The summed E-state index contributed by atoms with van der Waals surface area (Å²) in [6.07, 6.45) is 5.01. The van der Waals surface area contributed by atoms with E-state index in [0.29, 0.717) is 12.3 Å². The number of benzene rings is 1. The number of amidine groups is 1. The lowest BCUT2D eigenvalue weighted by molar-refractivity contribution is -0.138. The van der Waals surface area contributed by atoms with Gasteiger partial charge in [0.05, 0.1) is 16.0 Å². The highest BCUT2D eigenvalue weighted by Gasteiger charge is 2.08. The molecular formula is C15H15N3O2S3. The second kappa shape index (κ2) is 8.82. The molecule has 0 aliphatic rings. The number of thioether (sulfide) groups is 1. The predicted octanol–water partition coefficient (Wildman–Crippen LogP) is 2.38. The normalized spacial score (nSPS) is 11.4. The third kappa shape index (κ3) is 4.89. The second-order valence-electron chi connectivity index (χ2n) is 4.30. The molecule has 0 unspecified atom stereocenters. The number of esters is 1. The molecule has 8 heteroatoms. The Morgan fingerprint density at radius 3 is 3.04 bits per heavy atom. The molecule has 0 saturated heterocycles. The first-order valence-electron chi connectivity index (χ1n) is 6.70. The van der Waals surface area contributed by atoms with Crippen LogP contribution in [0.5, 0.6) is 0 Å². The van der Waals surface area contributed by atoms with Crippen LogP contribution in [0.4, 0.5) is 0 Å². The van der Waals surface area contributed by atoms with Crippen LogP contribution in [0.1, 0.15) is 0 Å². The maximum atomic E-state index is 11.4. The quantitative estimate of drug-likeness (QED) is 0.281. The first-order chi connectivity index (χ1) is 11.2. The summed E-state index contributed by atoms with van der Waals surface area (Å²) in [4.78, 5) is 16.4. The van der Waals surface area contributed by atoms with Crippen molar-refractivity contribution in [2.45, 2.75) is 6.54 Å². The van der Waals surface area contributed by atoms with Crippen LogP contribution in [0.25, 0.3) is 10.2 Å². The molecule has 0 aliphatic carbocycles. The molecule has 0 atom stereocenters. The average molecular weight is 366 g/mol. The van der Waals surface area contributed by atoms with E-state index in [1.54, 1.807) is 0 Å². The SMILES string of the molecule is C#CCOC(=O)CSC(=N)N=c1sc2ccccc2n1CCS. The lowest BCUT2D eigenvalue weighted by Gasteiger charge is -2.02. The molecule has 1 aromatic carbocycles. The maximum Gasteiger partial charge on any atom is 0.317 e. The Bertz CT molecular complexity index is 817. The van der Waals surface area contributed by atoms with E-state index in [9.17, 15) is 4.79 Å². The highest BCUT2D eigenvalue weighted by atomic mass is 32.2. The third-order valence-corrected chi connectivity index (χ3v) is 4.76. The number of para-hydroxylation sites is 1. The molecule has 2 rings (SSSR count). The Kier molecular flexibility index (Phi) is 6.77. The Morgan fingerprint density at radius 2 is 2.30 bits per heavy atom. The number of nitrogens with zero attached hydrogens (tertiary/aromatic N) is 2. The van der Waals surface area contributed by atoms with E-state index in [4.69, 9.17) is 16.6 Å². The maximum absolute atomic E-state index is 11.4. The van der Waals surface area contributed by atoms with Gasteiger partial charge in [-0.2, -0.15) is 17.6 Å². The number of rotatable bonds is 5. The zero-order valence-corrected chi connectivity index (χ0v) is 14.7. The van der Waals surface area contributed by atoms with Crippen LogP contribution in [0.3, 0.4) is 0 Å². The van der Waals surface area contributed by atoms with Crippen LogP contribution in [-0.4, -0.2) is 33.8 Å². The monoisotopic (exact) mass is 365 g/mol. The van der Waals surface area contributed by atoms with Crippen LogP contribution < -0.4 is 4.80 Å². The highest BCUT2D eigenvalue weighted by Crippen LogP contribution is 2.17. The molecule has 1 N–H and O–H groups in total. The van der Waals surface area contributed by atoms with Crippen molar-refractivity contribution in [3.05, 3.63) is 29.1 Å². The number of carbonyl (C=O) groups excluding carboxylic acids is 1. The van der Waals surface area contributed by atoms with Crippen molar-refractivity contribution in [3.63, 3.8) is 0 Å². The summed E-state index contributed by atoms with van der Waals surface area (Å²) in [6, 6.07) is 7.97. The van der Waals surface area contributed by atoms with Gasteiger partial charge in [-0.25, -0.2) is 0 Å². The summed E-state index contributed by atoms with van der Waals surface area (Å²) in [5.74, 6) is 2.46. The highest BCUT2D eigenvalue weighted by molar-refractivity contribution is 8.14. The lowest BCUT2D eigenvalue weighted by Crippen LogP contribution is -2.17. The van der Waals surface area contributed by atoms with Gasteiger partial charge in [0.1, 0.15) is 0 Å². The van der Waals surface area contributed by atoms with Gasteiger partial charge in [0, 0.05) is 12.3 Å². The molecule has 0 aliphatic heterocycles. The largest absolute Gasteiger partial charge is 0.452 e. The van der Waals surface area contributed by atoms with E-state index in [2.05, 4.69) is 23.5 Å². The zero-order valence-electron chi connectivity index (χ0n) is 12.2. The van der Waals surface area contributed by atoms with Crippen LogP contribution in [0.2, 0.25) is 0 Å². The molecule has 0 spiro atoms. The number of aromatic nitrogens is 1. The van der Waals surface area contributed by atoms with Crippen LogP contribution >= 0.6 is 35.7 Å². The summed E-state index contributed by atoms with van der Waals surface area (Å²) in [6.45, 7) is 0.649. The number of thiol groups is 1. The number of thiazole rings is 1. The molecular weight excluding hydrogens is 350 g/mol. The van der Waals surface area contributed by atoms with E-state index in [0.717, 1.165) is 26.8 Å². The minimum absolute atomic E-state index is 0.0154. The molecule has 0 saturated carbocycles. The summed E-state index contributed by atoms with van der Waals surface area (Å²) in [5, 5.41) is 7.98. The number of hydrogen-bond acceptors (Lipinski definition) is 6. The minimum Gasteiger partial charge on any atom is -0.452 e. The second-order valence-corrected chi connectivity index (χ2v) is 6.72. The number of aryl methyl sites for hydroxylation is 1. The lowest BCUT2D eigenvalue weighted by atomic mass is 10.3. The first kappa shape index (κ1) is 17.7. The molecule has 0 radical (unpaired) electrons. The standard InChI is InChI=1S/C15H15N3O2S3/c1-2-8-20-13(19)10-22-14(16)17-15-18(7-9-21)11-5-3-4-6-12(11)23-15/h1,3-6,16,21H,7-10H2. The summed E-state index contributed by atoms with van der Waals surface area (Å²) in [7, 11) is 0. The molecule has 2 aromatic rings. The van der Waals surface area contributed by atoms with E-state index >= 15 is 0 Å². The fourth-order valence-corrected chi connectivity index (χ4v) is 3.64. The van der Waals surface area contributed by atoms with E-state index in [1.807, 2.05) is 28.8 Å². The Labute approximate surface area is 147 Å². The smallest absolute Gasteiger partial charge is 0.317 e. The van der Waals surface area contributed by atoms with Crippen molar-refractivity contribution in [3.8, 4) is 12.3 Å². The van der Waals surface area contributed by atoms with Gasteiger partial charge in [0.25, 0.3) is 0 Å². The van der Waals surface area contributed by atoms with Gasteiger partial charge in [-0.15, -0.1) is 6.42 Å². The average Bonchev–Trinajstić information content (AvgIpc) is 2.89. The van der Waals surface area contributed by atoms with Crippen molar-refractivity contribution < 1.29 is 9.53 Å². The number of carbonyl (C=O) groups is 1. The Morgan fingerprint density at radius 1 is 1.52 bits per heavy atom. The van der Waals surface area contributed by atoms with Crippen molar-refractivity contribution >= 4 is 57.1 Å². The van der Waals surface area contributed by atoms with Crippen molar-refractivity contribution in [1.82, 2.24) is 4.57 Å². The number of fused-ring (bicyclic) bond motifs is 1. The van der Waals surface area contributed by atoms with Crippen molar-refractivity contribution in [2.24, 2.45) is 4.99 Å². The fraction of sp³-hybridized carbons (Fsp3) is 0.267. The molecule has 1 heterocycles. The Hall–Kier alpha value is -1.69. The fourth-order valence-electron chi connectivity index (χ4n) is 1.83. The van der Waals surface area contributed by atoms with Gasteiger partial charge < -0.3 is 9.30 Å². The number of nitrogens with one attached hydrogen (secondary N) is 1. The van der Waals surface area contributed by atoms with Crippen LogP contribution in [0.15, 0.2) is 29.3 Å². The molecule has 23 heavy (non-hydrogen) atoms. The first-order valence-corrected chi connectivity index (χ1v) is 9.13. The van der Waals surface area contributed by atoms with E-state index in [1.165, 1.54) is 11.3 Å². The zero-order chi connectivity index (χ0) is 16.7. The van der Waals surface area contributed by atoms with Gasteiger partial charge in [0.2, 0.25) is 0 Å². The van der Waals surface area contributed by atoms with Crippen molar-refractivity contribution in [1.29, 1.82) is 5.41 Å². The molecule has 0 amide bonds. The number of terminal acetylenes is 1. The molecule has 5 nitrogen and oxygen atoms in total. The summed E-state index contributed by atoms with van der Waals surface area (Å²) in [5.41, 5.74) is 1.07. The summed E-state index contributed by atoms with van der Waals surface area (Å²) >= 11 is 6.80. The molecule has 120 valence electrons. The molecule has 0 fully saturated rings. The number of hydrogen-bond donors (Lipinski definition) is 2. The van der Waals surface area contributed by atoms with Gasteiger partial charge >= 0.3 is 5.97 Å². The van der Waals surface area contributed by atoms with Crippen LogP contribution in [0, 0.1) is 17.8 Å². The van der Waals surface area contributed by atoms with E-state index in [-0.39, 0.29) is 17.5 Å². The third-order valence-electron chi connectivity index (χ3n) is 2.75. The van der Waals surface area contributed by atoms with Crippen molar-refractivity contribution in [2.75, 3.05) is 18.1 Å². The predicted molar refractivity (Wildman–Crippen MR) is 99.2 cm³/mol. The number of ether oxygens (including phenoxy) is 1. The van der Waals surface area contributed by atoms with Gasteiger partial charge in [-0.3, -0.25) is 10.2 Å².